The summed E-state index contributed by atoms with van der Waals surface area (Å²) < 4.78 is 7.41. The molecular formula is C19H31N7O. The first-order valence-electron chi connectivity index (χ1n) is 9.90. The first kappa shape index (κ1) is 19.4. The van der Waals surface area contributed by atoms with Crippen LogP contribution in [0.1, 0.15) is 76.0 Å². The van der Waals surface area contributed by atoms with Crippen molar-refractivity contribution >= 4 is 5.96 Å². The third-order valence-corrected chi connectivity index (χ3v) is 4.64. The van der Waals surface area contributed by atoms with Crippen LogP contribution in [-0.4, -0.2) is 38.5 Å². The van der Waals surface area contributed by atoms with E-state index in [1.165, 1.54) is 0 Å². The van der Waals surface area contributed by atoms with Gasteiger partial charge in [0.2, 0.25) is 0 Å². The van der Waals surface area contributed by atoms with Crippen LogP contribution in [0.25, 0.3) is 0 Å². The molecule has 0 fully saturated rings. The van der Waals surface area contributed by atoms with E-state index < -0.39 is 0 Å². The summed E-state index contributed by atoms with van der Waals surface area (Å²) in [5, 5.41) is 15.6. The summed E-state index contributed by atoms with van der Waals surface area (Å²) >= 11 is 0. The van der Waals surface area contributed by atoms with E-state index in [9.17, 15) is 0 Å². The minimum atomic E-state index is 0.276. The number of aliphatic imine (C=N–C) groups is 1. The standard InChI is InChI=1S/C19H31N7O/c1-6-20-19(21-10-15-9-16(12(2)3)25-27-15)22-14-7-8-17-23-18(13(4)5)24-26(17)11-14/h9,12-14H,6-8,10-11H2,1-5H3,(H2,20,21,22). The maximum absolute atomic E-state index is 5.38. The summed E-state index contributed by atoms with van der Waals surface area (Å²) in [6.07, 6.45) is 1.94. The Kier molecular flexibility index (Phi) is 6.13. The maximum Gasteiger partial charge on any atom is 0.191 e. The van der Waals surface area contributed by atoms with Gasteiger partial charge < -0.3 is 15.2 Å². The highest BCUT2D eigenvalue weighted by Gasteiger charge is 2.23. The van der Waals surface area contributed by atoms with Gasteiger partial charge in [0, 0.05) is 31.0 Å². The Labute approximate surface area is 160 Å². The predicted molar refractivity (Wildman–Crippen MR) is 105 cm³/mol. The molecule has 3 heterocycles. The number of rotatable bonds is 6. The fraction of sp³-hybridized carbons (Fsp3) is 0.684. The van der Waals surface area contributed by atoms with Crippen LogP contribution in [0.5, 0.6) is 0 Å². The highest BCUT2D eigenvalue weighted by Crippen LogP contribution is 2.17. The zero-order chi connectivity index (χ0) is 19.4. The van der Waals surface area contributed by atoms with Crippen LogP contribution in [0.3, 0.4) is 0 Å². The number of nitrogens with zero attached hydrogens (tertiary/aromatic N) is 5. The van der Waals surface area contributed by atoms with Gasteiger partial charge in [-0.2, -0.15) is 5.10 Å². The van der Waals surface area contributed by atoms with E-state index in [-0.39, 0.29) is 6.04 Å². The molecule has 0 saturated carbocycles. The molecule has 0 spiro atoms. The molecule has 0 saturated heterocycles. The third-order valence-electron chi connectivity index (χ3n) is 4.64. The van der Waals surface area contributed by atoms with Crippen LogP contribution >= 0.6 is 0 Å². The Morgan fingerprint density at radius 1 is 1.33 bits per heavy atom. The normalized spacial score (nSPS) is 17.4. The second kappa shape index (κ2) is 8.54. The molecule has 0 aliphatic carbocycles. The van der Waals surface area contributed by atoms with Crippen LogP contribution in [0.2, 0.25) is 0 Å². The summed E-state index contributed by atoms with van der Waals surface area (Å²) in [6.45, 7) is 12.6. The number of hydrogen-bond donors (Lipinski definition) is 2. The number of hydrogen-bond acceptors (Lipinski definition) is 5. The van der Waals surface area contributed by atoms with Crippen molar-refractivity contribution < 1.29 is 4.52 Å². The van der Waals surface area contributed by atoms with E-state index in [4.69, 9.17) is 4.52 Å². The molecule has 0 amide bonds. The van der Waals surface area contributed by atoms with E-state index in [2.05, 4.69) is 65.5 Å². The molecule has 0 radical (unpaired) electrons. The highest BCUT2D eigenvalue weighted by molar-refractivity contribution is 5.80. The quantitative estimate of drug-likeness (QED) is 0.597. The lowest BCUT2D eigenvalue weighted by molar-refractivity contribution is 0.375. The number of aryl methyl sites for hydroxylation is 1. The maximum atomic E-state index is 5.38. The van der Waals surface area contributed by atoms with Gasteiger partial charge in [-0.05, 0) is 19.3 Å². The minimum absolute atomic E-state index is 0.276. The Morgan fingerprint density at radius 3 is 2.81 bits per heavy atom. The Hall–Kier alpha value is -2.38. The molecule has 3 rings (SSSR count). The summed E-state index contributed by atoms with van der Waals surface area (Å²) in [4.78, 5) is 9.31. The number of nitrogens with one attached hydrogen (secondary N) is 2. The smallest absolute Gasteiger partial charge is 0.191 e. The molecule has 148 valence electrons. The lowest BCUT2D eigenvalue weighted by atomic mass is 10.1. The zero-order valence-corrected chi connectivity index (χ0v) is 17.0. The number of guanidine groups is 1. The van der Waals surface area contributed by atoms with Gasteiger partial charge in [-0.1, -0.05) is 32.9 Å². The van der Waals surface area contributed by atoms with E-state index in [1.807, 2.05) is 10.7 Å². The third kappa shape index (κ3) is 4.87. The molecule has 0 bridgehead atoms. The van der Waals surface area contributed by atoms with Crippen LogP contribution in [0.15, 0.2) is 15.6 Å². The fourth-order valence-corrected chi connectivity index (χ4v) is 3.04. The molecule has 27 heavy (non-hydrogen) atoms. The first-order chi connectivity index (χ1) is 13.0. The molecule has 8 heteroatoms. The van der Waals surface area contributed by atoms with Crippen LogP contribution < -0.4 is 10.6 Å². The van der Waals surface area contributed by atoms with Crippen molar-refractivity contribution in [3.8, 4) is 0 Å². The van der Waals surface area contributed by atoms with E-state index in [1.54, 1.807) is 0 Å². The van der Waals surface area contributed by atoms with Crippen molar-refractivity contribution in [3.63, 3.8) is 0 Å². The highest BCUT2D eigenvalue weighted by atomic mass is 16.5. The summed E-state index contributed by atoms with van der Waals surface area (Å²) in [7, 11) is 0. The second-order valence-corrected chi connectivity index (χ2v) is 7.67. The lowest BCUT2D eigenvalue weighted by Gasteiger charge is -2.25. The molecule has 1 aliphatic heterocycles. The van der Waals surface area contributed by atoms with Crippen molar-refractivity contribution in [2.75, 3.05) is 6.54 Å². The van der Waals surface area contributed by atoms with Gasteiger partial charge in [0.25, 0.3) is 0 Å². The van der Waals surface area contributed by atoms with Gasteiger partial charge in [0.1, 0.15) is 12.4 Å². The van der Waals surface area contributed by atoms with Gasteiger partial charge in [-0.3, -0.25) is 0 Å². The number of fused-ring (bicyclic) bond motifs is 1. The van der Waals surface area contributed by atoms with Gasteiger partial charge in [-0.15, -0.1) is 0 Å². The van der Waals surface area contributed by atoms with Crippen molar-refractivity contribution in [1.82, 2.24) is 30.6 Å². The molecule has 0 aromatic carbocycles. The van der Waals surface area contributed by atoms with Crippen LogP contribution in [-0.2, 0) is 19.5 Å². The zero-order valence-electron chi connectivity index (χ0n) is 17.0. The topological polar surface area (TPSA) is 93.2 Å². The molecule has 8 nitrogen and oxygen atoms in total. The Balaban J connectivity index is 1.63. The molecule has 2 aromatic heterocycles. The van der Waals surface area contributed by atoms with Crippen molar-refractivity contribution in [2.24, 2.45) is 4.99 Å². The van der Waals surface area contributed by atoms with E-state index >= 15 is 0 Å². The van der Waals surface area contributed by atoms with Crippen molar-refractivity contribution in [1.29, 1.82) is 0 Å². The largest absolute Gasteiger partial charge is 0.359 e. The first-order valence-corrected chi connectivity index (χ1v) is 9.90. The average Bonchev–Trinajstić information content (AvgIpc) is 3.26. The Morgan fingerprint density at radius 2 is 2.15 bits per heavy atom. The van der Waals surface area contributed by atoms with Gasteiger partial charge in [0.05, 0.1) is 12.2 Å². The van der Waals surface area contributed by atoms with Gasteiger partial charge in [0.15, 0.2) is 17.5 Å². The van der Waals surface area contributed by atoms with Crippen LogP contribution in [0.4, 0.5) is 0 Å². The summed E-state index contributed by atoms with van der Waals surface area (Å²) in [5.74, 6) is 4.29. The SMILES string of the molecule is CCNC(=NCc1cc(C(C)C)no1)NC1CCc2nc(C(C)C)nn2C1. The van der Waals surface area contributed by atoms with Gasteiger partial charge >= 0.3 is 0 Å². The fourth-order valence-electron chi connectivity index (χ4n) is 3.04. The Bertz CT molecular complexity index is 775. The monoisotopic (exact) mass is 373 g/mol. The van der Waals surface area contributed by atoms with Gasteiger partial charge in [-0.25, -0.2) is 14.7 Å². The molecular weight excluding hydrogens is 342 g/mol. The molecule has 1 atom stereocenters. The molecule has 1 aliphatic rings. The molecule has 1 unspecified atom stereocenters. The summed E-state index contributed by atoms with van der Waals surface area (Å²) in [6, 6.07) is 2.26. The van der Waals surface area contributed by atoms with E-state index in [0.29, 0.717) is 18.4 Å². The van der Waals surface area contributed by atoms with Crippen molar-refractivity contribution in [2.45, 2.75) is 78.4 Å². The molecule has 2 N–H and O–H groups in total. The average molecular weight is 374 g/mol. The predicted octanol–water partition coefficient (Wildman–Crippen LogP) is 2.58. The number of aromatic nitrogens is 4. The van der Waals surface area contributed by atoms with Crippen molar-refractivity contribution in [3.05, 3.63) is 29.2 Å². The second-order valence-electron chi connectivity index (χ2n) is 7.67. The lowest BCUT2D eigenvalue weighted by Crippen LogP contribution is -2.47. The molecule has 2 aromatic rings. The van der Waals surface area contributed by atoms with E-state index in [0.717, 1.165) is 55.0 Å². The summed E-state index contributed by atoms with van der Waals surface area (Å²) in [5.41, 5.74) is 0.963. The minimum Gasteiger partial charge on any atom is -0.359 e. The van der Waals surface area contributed by atoms with Crippen LogP contribution in [0, 0.1) is 0 Å².